The van der Waals surface area contributed by atoms with Crippen LogP contribution >= 0.6 is 23.2 Å². The van der Waals surface area contributed by atoms with E-state index in [2.05, 4.69) is 4.98 Å². The van der Waals surface area contributed by atoms with E-state index in [1.807, 2.05) is 36.4 Å². The van der Waals surface area contributed by atoms with Crippen LogP contribution in [-0.2, 0) is 12.5 Å². The molecule has 88 valence electrons. The van der Waals surface area contributed by atoms with Gasteiger partial charge in [0.15, 0.2) is 0 Å². The van der Waals surface area contributed by atoms with E-state index < -0.39 is 0 Å². The predicted molar refractivity (Wildman–Crippen MR) is 69.6 cm³/mol. The number of hydrogen-bond donors (Lipinski definition) is 0. The zero-order chi connectivity index (χ0) is 12.1. The van der Waals surface area contributed by atoms with E-state index in [1.165, 1.54) is 0 Å². The quantitative estimate of drug-likeness (QED) is 0.780. The fraction of sp³-hybridized carbons (Fsp3) is 0.154. The van der Waals surface area contributed by atoms with E-state index in [4.69, 9.17) is 27.9 Å². The van der Waals surface area contributed by atoms with Gasteiger partial charge in [0.05, 0.1) is 0 Å². The third kappa shape index (κ3) is 3.62. The van der Waals surface area contributed by atoms with E-state index in [9.17, 15) is 0 Å². The van der Waals surface area contributed by atoms with Crippen molar-refractivity contribution >= 4 is 23.2 Å². The van der Waals surface area contributed by atoms with Crippen LogP contribution in [-0.4, -0.2) is 4.98 Å². The first-order chi connectivity index (χ1) is 8.28. The van der Waals surface area contributed by atoms with Crippen LogP contribution in [0.4, 0.5) is 0 Å². The minimum atomic E-state index is 0.444. The molecule has 0 atom stereocenters. The van der Waals surface area contributed by atoms with Crippen LogP contribution in [0.5, 0.6) is 5.88 Å². The first-order valence-corrected chi connectivity index (χ1v) is 6.07. The van der Waals surface area contributed by atoms with Gasteiger partial charge in [-0.15, -0.1) is 11.6 Å². The second-order valence-corrected chi connectivity index (χ2v) is 4.26. The molecule has 0 fully saturated rings. The van der Waals surface area contributed by atoms with Crippen molar-refractivity contribution in [2.45, 2.75) is 12.5 Å². The number of nitrogens with zero attached hydrogens (tertiary/aromatic N) is 1. The fourth-order valence-corrected chi connectivity index (χ4v) is 1.78. The normalized spacial score (nSPS) is 10.2. The highest BCUT2D eigenvalue weighted by Crippen LogP contribution is 2.15. The summed E-state index contributed by atoms with van der Waals surface area (Å²) in [5.41, 5.74) is 2.00. The Morgan fingerprint density at radius 2 is 2.00 bits per heavy atom. The van der Waals surface area contributed by atoms with Gasteiger partial charge >= 0.3 is 0 Å². The molecule has 0 unspecified atom stereocenters. The maximum absolute atomic E-state index is 5.89. The summed E-state index contributed by atoms with van der Waals surface area (Å²) in [5, 5.41) is 0.702. The maximum Gasteiger partial charge on any atom is 0.213 e. The lowest BCUT2D eigenvalue weighted by atomic mass is 10.2. The lowest BCUT2D eigenvalue weighted by molar-refractivity contribution is 0.293. The molecule has 0 bridgehead atoms. The molecule has 1 aromatic carbocycles. The molecule has 2 nitrogen and oxygen atoms in total. The Bertz CT molecular complexity index is 502. The molecule has 0 aliphatic carbocycles. The minimum absolute atomic E-state index is 0.444. The van der Waals surface area contributed by atoms with Crippen molar-refractivity contribution in [3.63, 3.8) is 0 Å². The largest absolute Gasteiger partial charge is 0.473 e. The van der Waals surface area contributed by atoms with E-state index >= 15 is 0 Å². The van der Waals surface area contributed by atoms with Crippen LogP contribution < -0.4 is 4.74 Å². The van der Waals surface area contributed by atoms with Gasteiger partial charge in [0.25, 0.3) is 0 Å². The molecule has 0 aliphatic rings. The molecule has 0 saturated heterocycles. The molecule has 1 aromatic heterocycles. The van der Waals surface area contributed by atoms with Crippen LogP contribution in [0.2, 0.25) is 5.02 Å². The van der Waals surface area contributed by atoms with Crippen LogP contribution in [0.15, 0.2) is 42.6 Å². The van der Waals surface area contributed by atoms with Gasteiger partial charge < -0.3 is 4.74 Å². The molecule has 0 spiro atoms. The van der Waals surface area contributed by atoms with E-state index in [0.717, 1.165) is 11.1 Å². The number of alkyl halides is 1. The van der Waals surface area contributed by atoms with Crippen molar-refractivity contribution in [1.82, 2.24) is 4.98 Å². The average Bonchev–Trinajstić information content (AvgIpc) is 2.37. The summed E-state index contributed by atoms with van der Waals surface area (Å²) >= 11 is 11.6. The summed E-state index contributed by atoms with van der Waals surface area (Å²) in [4.78, 5) is 4.11. The second kappa shape index (κ2) is 5.89. The molecule has 2 rings (SSSR count). The van der Waals surface area contributed by atoms with Gasteiger partial charge in [-0.05, 0) is 29.3 Å². The molecule has 0 amide bonds. The molecule has 0 saturated carbocycles. The Labute approximate surface area is 110 Å². The highest BCUT2D eigenvalue weighted by Gasteiger charge is 1.99. The third-order valence-corrected chi connectivity index (χ3v) is 2.77. The standard InChI is InChI=1S/C13H11Cl2NO/c14-8-10-4-5-16-13(7-10)17-9-11-2-1-3-12(15)6-11/h1-7H,8-9H2. The summed E-state index contributed by atoms with van der Waals surface area (Å²) < 4.78 is 5.56. The van der Waals surface area contributed by atoms with Crippen molar-refractivity contribution in [3.05, 3.63) is 58.7 Å². The highest BCUT2D eigenvalue weighted by atomic mass is 35.5. The van der Waals surface area contributed by atoms with Crippen LogP contribution in [0, 0.1) is 0 Å². The van der Waals surface area contributed by atoms with Crippen molar-refractivity contribution in [3.8, 4) is 5.88 Å². The van der Waals surface area contributed by atoms with Crippen molar-refractivity contribution < 1.29 is 4.74 Å². The number of aromatic nitrogens is 1. The topological polar surface area (TPSA) is 22.1 Å². The average molecular weight is 268 g/mol. The minimum Gasteiger partial charge on any atom is -0.473 e. The second-order valence-electron chi connectivity index (χ2n) is 3.55. The number of hydrogen-bond acceptors (Lipinski definition) is 2. The Balaban J connectivity index is 2.02. The Morgan fingerprint density at radius 3 is 2.76 bits per heavy atom. The molecule has 0 N–H and O–H groups in total. The van der Waals surface area contributed by atoms with E-state index in [-0.39, 0.29) is 0 Å². The Hall–Kier alpha value is -1.25. The van der Waals surface area contributed by atoms with Gasteiger partial charge in [-0.25, -0.2) is 4.98 Å². The number of halogens is 2. The lowest BCUT2D eigenvalue weighted by Crippen LogP contribution is -1.97. The van der Waals surface area contributed by atoms with Gasteiger partial charge in [0.1, 0.15) is 6.61 Å². The summed E-state index contributed by atoms with van der Waals surface area (Å²) in [5.74, 6) is 1.03. The smallest absolute Gasteiger partial charge is 0.213 e. The summed E-state index contributed by atoms with van der Waals surface area (Å²) in [6, 6.07) is 11.2. The summed E-state index contributed by atoms with van der Waals surface area (Å²) in [6.45, 7) is 0.444. The van der Waals surface area contributed by atoms with E-state index in [0.29, 0.717) is 23.4 Å². The zero-order valence-electron chi connectivity index (χ0n) is 9.07. The SMILES string of the molecule is ClCc1ccnc(OCc2cccc(Cl)c2)c1. The number of benzene rings is 1. The monoisotopic (exact) mass is 267 g/mol. The number of rotatable bonds is 4. The van der Waals surface area contributed by atoms with Crippen LogP contribution in [0.25, 0.3) is 0 Å². The van der Waals surface area contributed by atoms with Crippen molar-refractivity contribution in [2.24, 2.45) is 0 Å². The molecule has 2 aromatic rings. The van der Waals surface area contributed by atoms with E-state index in [1.54, 1.807) is 6.20 Å². The van der Waals surface area contributed by atoms with Gasteiger partial charge in [0, 0.05) is 23.2 Å². The van der Waals surface area contributed by atoms with Gasteiger partial charge in [-0.2, -0.15) is 0 Å². The van der Waals surface area contributed by atoms with Crippen molar-refractivity contribution in [2.75, 3.05) is 0 Å². The van der Waals surface area contributed by atoms with Crippen molar-refractivity contribution in [1.29, 1.82) is 0 Å². The molecule has 17 heavy (non-hydrogen) atoms. The molecular formula is C13H11Cl2NO. The Morgan fingerprint density at radius 1 is 1.12 bits per heavy atom. The Kier molecular flexibility index (Phi) is 4.24. The van der Waals surface area contributed by atoms with Crippen LogP contribution in [0.3, 0.4) is 0 Å². The molecule has 0 aliphatic heterocycles. The highest BCUT2D eigenvalue weighted by molar-refractivity contribution is 6.30. The molecule has 4 heteroatoms. The third-order valence-electron chi connectivity index (χ3n) is 2.23. The predicted octanol–water partition coefficient (Wildman–Crippen LogP) is 4.05. The van der Waals surface area contributed by atoms with Crippen LogP contribution in [0.1, 0.15) is 11.1 Å². The van der Waals surface area contributed by atoms with Gasteiger partial charge in [-0.1, -0.05) is 23.7 Å². The molecule has 1 heterocycles. The molecular weight excluding hydrogens is 257 g/mol. The first-order valence-electron chi connectivity index (χ1n) is 5.16. The zero-order valence-corrected chi connectivity index (χ0v) is 10.6. The number of pyridine rings is 1. The summed E-state index contributed by atoms with van der Waals surface area (Å²) in [6.07, 6.45) is 1.69. The van der Waals surface area contributed by atoms with Gasteiger partial charge in [-0.3, -0.25) is 0 Å². The maximum atomic E-state index is 5.89. The van der Waals surface area contributed by atoms with Gasteiger partial charge in [0.2, 0.25) is 5.88 Å². The fourth-order valence-electron chi connectivity index (χ4n) is 1.40. The number of ether oxygens (including phenoxy) is 1. The lowest BCUT2D eigenvalue weighted by Gasteiger charge is -2.06. The first kappa shape index (κ1) is 12.2. The molecule has 0 radical (unpaired) electrons. The summed E-state index contributed by atoms with van der Waals surface area (Å²) in [7, 11) is 0.